The van der Waals surface area contributed by atoms with Gasteiger partial charge in [-0.1, -0.05) is 24.4 Å². The Bertz CT molecular complexity index is 380. The molecule has 1 aliphatic carbocycles. The van der Waals surface area contributed by atoms with E-state index >= 15 is 0 Å². The number of rotatable bonds is 3. The summed E-state index contributed by atoms with van der Waals surface area (Å²) in [5.41, 5.74) is -0.304. The van der Waals surface area contributed by atoms with E-state index in [9.17, 15) is 5.11 Å². The summed E-state index contributed by atoms with van der Waals surface area (Å²) in [4.78, 5) is 7.81. The number of halogens is 2. The van der Waals surface area contributed by atoms with Crippen molar-refractivity contribution in [2.45, 2.75) is 31.2 Å². The first-order valence-corrected chi connectivity index (χ1v) is 5.98. The molecule has 1 aromatic heterocycles. The smallest absolute Gasteiger partial charge is 0.224 e. The van der Waals surface area contributed by atoms with Crippen LogP contribution in [0.5, 0.6) is 0 Å². The lowest BCUT2D eigenvalue weighted by atomic mass is 9.99. The Kier molecular flexibility index (Phi) is 3.52. The molecule has 1 aliphatic rings. The maximum Gasteiger partial charge on any atom is 0.224 e. The molecule has 2 rings (SSSR count). The molecular formula is C10H13Cl2N3O. The van der Waals surface area contributed by atoms with Crippen molar-refractivity contribution < 1.29 is 5.11 Å². The molecule has 6 heteroatoms. The molecule has 0 unspecified atom stereocenters. The average molecular weight is 262 g/mol. The Morgan fingerprint density at radius 2 is 2.06 bits per heavy atom. The fourth-order valence-electron chi connectivity index (χ4n) is 2.06. The van der Waals surface area contributed by atoms with Gasteiger partial charge in [-0.3, -0.25) is 0 Å². The van der Waals surface area contributed by atoms with E-state index < -0.39 is 0 Å². The number of aliphatic hydroxyl groups excluding tert-OH is 1. The third kappa shape index (κ3) is 2.39. The zero-order valence-electron chi connectivity index (χ0n) is 8.71. The third-order valence-corrected chi connectivity index (χ3v) is 3.42. The molecule has 0 spiro atoms. The van der Waals surface area contributed by atoms with Gasteiger partial charge in [-0.2, -0.15) is 4.98 Å². The first kappa shape index (κ1) is 11.9. The molecule has 0 saturated heterocycles. The van der Waals surface area contributed by atoms with Crippen molar-refractivity contribution in [3.8, 4) is 0 Å². The summed E-state index contributed by atoms with van der Waals surface area (Å²) in [6.07, 6.45) is 5.50. The Morgan fingerprint density at radius 3 is 2.69 bits per heavy atom. The number of hydrogen-bond donors (Lipinski definition) is 2. The van der Waals surface area contributed by atoms with Gasteiger partial charge in [0.1, 0.15) is 10.8 Å². The van der Waals surface area contributed by atoms with Gasteiger partial charge in [0.25, 0.3) is 0 Å². The van der Waals surface area contributed by atoms with Crippen LogP contribution in [0.1, 0.15) is 25.7 Å². The van der Waals surface area contributed by atoms with Gasteiger partial charge in [0.15, 0.2) is 0 Å². The molecule has 88 valence electrons. The van der Waals surface area contributed by atoms with Gasteiger partial charge in [-0.05, 0) is 24.4 Å². The van der Waals surface area contributed by atoms with Crippen molar-refractivity contribution in [3.05, 3.63) is 16.5 Å². The summed E-state index contributed by atoms with van der Waals surface area (Å²) in [5, 5.41) is 13.2. The second-order valence-corrected chi connectivity index (χ2v) is 4.85. The molecule has 0 bridgehead atoms. The van der Waals surface area contributed by atoms with E-state index in [0.29, 0.717) is 10.8 Å². The van der Waals surface area contributed by atoms with Crippen LogP contribution in [-0.4, -0.2) is 27.2 Å². The quantitative estimate of drug-likeness (QED) is 0.822. The number of aromatic nitrogens is 2. The number of hydrogen-bond acceptors (Lipinski definition) is 4. The van der Waals surface area contributed by atoms with Crippen molar-refractivity contribution in [3.63, 3.8) is 0 Å². The second-order valence-electron chi connectivity index (χ2n) is 4.11. The molecule has 16 heavy (non-hydrogen) atoms. The number of nitrogens with zero attached hydrogens (tertiary/aromatic N) is 2. The summed E-state index contributed by atoms with van der Waals surface area (Å²) in [7, 11) is 0. The number of aliphatic hydroxyl groups is 1. The van der Waals surface area contributed by atoms with Crippen molar-refractivity contribution in [1.29, 1.82) is 0 Å². The molecule has 1 fully saturated rings. The Balaban J connectivity index is 2.21. The maximum absolute atomic E-state index is 9.46. The van der Waals surface area contributed by atoms with Gasteiger partial charge in [0.2, 0.25) is 5.28 Å². The summed E-state index contributed by atoms with van der Waals surface area (Å²) in [6.45, 7) is 0.0744. The van der Waals surface area contributed by atoms with Crippen molar-refractivity contribution in [1.82, 2.24) is 9.97 Å². The van der Waals surface area contributed by atoms with Crippen molar-refractivity contribution in [2.75, 3.05) is 11.9 Å². The predicted octanol–water partition coefficient (Wildman–Crippen LogP) is 2.50. The molecule has 1 aromatic rings. The van der Waals surface area contributed by atoms with E-state index in [1.54, 1.807) is 0 Å². The minimum atomic E-state index is -0.304. The highest BCUT2D eigenvalue weighted by Gasteiger charge is 2.33. The first-order chi connectivity index (χ1) is 7.65. The minimum absolute atomic E-state index is 0.0744. The number of anilines is 1. The van der Waals surface area contributed by atoms with Crippen LogP contribution < -0.4 is 5.32 Å². The lowest BCUT2D eigenvalue weighted by Gasteiger charge is -2.28. The van der Waals surface area contributed by atoms with Crippen LogP contribution in [0.3, 0.4) is 0 Å². The van der Waals surface area contributed by atoms with Gasteiger partial charge >= 0.3 is 0 Å². The fraction of sp³-hybridized carbons (Fsp3) is 0.600. The van der Waals surface area contributed by atoms with Crippen LogP contribution in [0, 0.1) is 0 Å². The summed E-state index contributed by atoms with van der Waals surface area (Å²) in [6, 6.07) is 0. The fourth-order valence-corrected chi connectivity index (χ4v) is 2.33. The normalized spacial score (nSPS) is 18.7. The standard InChI is InChI=1S/C10H13Cl2N3O/c11-7-5-13-9(12)14-8(7)15-10(6-16)3-1-2-4-10/h5,16H,1-4,6H2,(H,13,14,15). The van der Waals surface area contributed by atoms with E-state index in [1.807, 2.05) is 0 Å². The molecular weight excluding hydrogens is 249 g/mol. The summed E-state index contributed by atoms with van der Waals surface area (Å²) < 4.78 is 0. The van der Waals surface area contributed by atoms with Crippen LogP contribution in [0.4, 0.5) is 5.82 Å². The topological polar surface area (TPSA) is 58.0 Å². The highest BCUT2D eigenvalue weighted by Crippen LogP contribution is 2.34. The highest BCUT2D eigenvalue weighted by atomic mass is 35.5. The Morgan fingerprint density at radius 1 is 1.38 bits per heavy atom. The third-order valence-electron chi connectivity index (χ3n) is 2.96. The molecule has 0 atom stereocenters. The SMILES string of the molecule is OCC1(Nc2nc(Cl)ncc2Cl)CCCC1. The molecule has 4 nitrogen and oxygen atoms in total. The van der Waals surface area contributed by atoms with Gasteiger partial charge in [-0.25, -0.2) is 4.98 Å². The van der Waals surface area contributed by atoms with Gasteiger partial charge in [-0.15, -0.1) is 0 Å². The van der Waals surface area contributed by atoms with Gasteiger partial charge in [0.05, 0.1) is 18.3 Å². The van der Waals surface area contributed by atoms with Crippen molar-refractivity contribution >= 4 is 29.0 Å². The molecule has 0 aromatic carbocycles. The van der Waals surface area contributed by atoms with Gasteiger partial charge in [0, 0.05) is 0 Å². The maximum atomic E-state index is 9.46. The first-order valence-electron chi connectivity index (χ1n) is 5.22. The second kappa shape index (κ2) is 4.73. The van der Waals surface area contributed by atoms with Crippen molar-refractivity contribution in [2.24, 2.45) is 0 Å². The monoisotopic (exact) mass is 261 g/mol. The molecule has 1 saturated carbocycles. The zero-order valence-corrected chi connectivity index (χ0v) is 10.2. The van der Waals surface area contributed by atoms with E-state index in [-0.39, 0.29) is 17.4 Å². The molecule has 1 heterocycles. The largest absolute Gasteiger partial charge is 0.394 e. The van der Waals surface area contributed by atoms with Crippen LogP contribution in [0.25, 0.3) is 0 Å². The summed E-state index contributed by atoms with van der Waals surface area (Å²) in [5.74, 6) is 0.498. The molecule has 0 aliphatic heterocycles. The lowest BCUT2D eigenvalue weighted by Crippen LogP contribution is -2.39. The lowest BCUT2D eigenvalue weighted by molar-refractivity contribution is 0.214. The van der Waals surface area contributed by atoms with E-state index in [4.69, 9.17) is 23.2 Å². The number of nitrogens with one attached hydrogen (secondary N) is 1. The van der Waals surface area contributed by atoms with Crippen LogP contribution in [-0.2, 0) is 0 Å². The van der Waals surface area contributed by atoms with Crippen LogP contribution in [0.15, 0.2) is 6.20 Å². The average Bonchev–Trinajstić information content (AvgIpc) is 2.73. The van der Waals surface area contributed by atoms with Crippen LogP contribution in [0.2, 0.25) is 10.3 Å². The van der Waals surface area contributed by atoms with Gasteiger partial charge < -0.3 is 10.4 Å². The minimum Gasteiger partial charge on any atom is -0.394 e. The molecule has 0 amide bonds. The van der Waals surface area contributed by atoms with E-state index in [2.05, 4.69) is 15.3 Å². The Hall–Kier alpha value is -0.580. The van der Waals surface area contributed by atoms with E-state index in [1.165, 1.54) is 6.20 Å². The molecule has 2 N–H and O–H groups in total. The molecule has 0 radical (unpaired) electrons. The Labute approximate surface area is 104 Å². The highest BCUT2D eigenvalue weighted by molar-refractivity contribution is 6.33. The summed E-state index contributed by atoms with van der Waals surface area (Å²) >= 11 is 11.7. The van der Waals surface area contributed by atoms with E-state index in [0.717, 1.165) is 25.7 Å². The van der Waals surface area contributed by atoms with Crippen LogP contribution >= 0.6 is 23.2 Å². The predicted molar refractivity (Wildman–Crippen MR) is 64.0 cm³/mol. The zero-order chi connectivity index (χ0) is 11.6.